The van der Waals surface area contributed by atoms with Crippen molar-refractivity contribution in [2.75, 3.05) is 31.1 Å². The fourth-order valence-corrected chi connectivity index (χ4v) is 6.11. The molecule has 1 saturated heterocycles. The van der Waals surface area contributed by atoms with Gasteiger partial charge in [0, 0.05) is 55.6 Å². The van der Waals surface area contributed by atoms with Gasteiger partial charge in [0.15, 0.2) is 5.78 Å². The average Bonchev–Trinajstić information content (AvgIpc) is 3.01. The van der Waals surface area contributed by atoms with Crippen LogP contribution in [-0.2, 0) is 27.1 Å². The summed E-state index contributed by atoms with van der Waals surface area (Å²) in [6.07, 6.45) is -4.66. The van der Waals surface area contributed by atoms with Gasteiger partial charge < -0.3 is 4.90 Å². The number of anilines is 1. The van der Waals surface area contributed by atoms with Gasteiger partial charge in [0.2, 0.25) is 11.8 Å². The highest BCUT2D eigenvalue weighted by molar-refractivity contribution is 6.15. The van der Waals surface area contributed by atoms with E-state index in [1.54, 1.807) is 29.2 Å². The van der Waals surface area contributed by atoms with Crippen LogP contribution >= 0.6 is 0 Å². The molecule has 0 N–H and O–H groups in total. The maximum Gasteiger partial charge on any atom is 0.416 e. The van der Waals surface area contributed by atoms with Crippen molar-refractivity contribution in [3.8, 4) is 6.07 Å². The number of hydrogen-bond donors (Lipinski definition) is 0. The Balaban J connectivity index is 1.54. The van der Waals surface area contributed by atoms with Crippen molar-refractivity contribution < 1.29 is 27.6 Å². The first-order valence-corrected chi connectivity index (χ1v) is 14.3. The van der Waals surface area contributed by atoms with E-state index in [0.717, 1.165) is 22.6 Å². The predicted molar refractivity (Wildman–Crippen MR) is 158 cm³/mol. The summed E-state index contributed by atoms with van der Waals surface area (Å²) in [6.45, 7) is 5.35. The summed E-state index contributed by atoms with van der Waals surface area (Å²) in [7, 11) is 0. The first kappa shape index (κ1) is 30.7. The SMILES string of the molecule is CC(=O)C1=C(C)N(c2cccc(C(F)(F)F)c2)C(=O)C(C(=O)N2CCN(Cc3ccccc3)CC2)C1c1ccc(C#N)cc1. The van der Waals surface area contributed by atoms with Gasteiger partial charge in [0.1, 0.15) is 5.92 Å². The zero-order valence-electron chi connectivity index (χ0n) is 24.3. The van der Waals surface area contributed by atoms with E-state index in [0.29, 0.717) is 43.9 Å². The molecule has 2 aliphatic rings. The third-order valence-corrected chi connectivity index (χ3v) is 8.26. The lowest BCUT2D eigenvalue weighted by Crippen LogP contribution is -2.55. The summed E-state index contributed by atoms with van der Waals surface area (Å²) in [5, 5.41) is 9.31. The van der Waals surface area contributed by atoms with Crippen LogP contribution in [0.1, 0.15) is 42.0 Å². The molecule has 226 valence electrons. The Morgan fingerprint density at radius 2 is 1.59 bits per heavy atom. The Morgan fingerprint density at radius 3 is 2.18 bits per heavy atom. The zero-order valence-corrected chi connectivity index (χ0v) is 24.3. The molecule has 2 heterocycles. The molecule has 0 aliphatic carbocycles. The number of amides is 2. The quantitative estimate of drug-likeness (QED) is 0.348. The lowest BCUT2D eigenvalue weighted by atomic mass is 9.73. The summed E-state index contributed by atoms with van der Waals surface area (Å²) in [6, 6.07) is 22.6. The van der Waals surface area contributed by atoms with Crippen molar-refractivity contribution in [1.29, 1.82) is 5.26 Å². The van der Waals surface area contributed by atoms with Gasteiger partial charge in [-0.3, -0.25) is 24.2 Å². The summed E-state index contributed by atoms with van der Waals surface area (Å²) < 4.78 is 40.9. The average molecular weight is 601 g/mol. The summed E-state index contributed by atoms with van der Waals surface area (Å²) in [5.41, 5.74) is 1.28. The number of halogens is 3. The molecule has 0 radical (unpaired) electrons. The Kier molecular flexibility index (Phi) is 8.70. The smallest absolute Gasteiger partial charge is 0.339 e. The Labute approximate surface area is 253 Å². The highest BCUT2D eigenvalue weighted by atomic mass is 19.4. The number of ketones is 1. The molecule has 7 nitrogen and oxygen atoms in total. The predicted octanol–water partition coefficient (Wildman–Crippen LogP) is 5.53. The number of carbonyl (C=O) groups excluding carboxylic acids is 3. The molecule has 3 aromatic carbocycles. The van der Waals surface area contributed by atoms with E-state index >= 15 is 0 Å². The number of Topliss-reactive ketones (excluding diaryl/α,β-unsaturated/α-hetero) is 1. The fourth-order valence-electron chi connectivity index (χ4n) is 6.11. The highest BCUT2D eigenvalue weighted by Crippen LogP contribution is 2.44. The zero-order chi connectivity index (χ0) is 31.6. The minimum Gasteiger partial charge on any atom is -0.339 e. The van der Waals surface area contributed by atoms with Gasteiger partial charge in [-0.05, 0) is 55.3 Å². The molecule has 44 heavy (non-hydrogen) atoms. The molecule has 0 spiro atoms. The molecule has 0 aromatic heterocycles. The summed E-state index contributed by atoms with van der Waals surface area (Å²) in [4.78, 5) is 46.8. The molecule has 10 heteroatoms. The second-order valence-electron chi connectivity index (χ2n) is 11.1. The topological polar surface area (TPSA) is 84.7 Å². The molecule has 3 aromatic rings. The first-order valence-electron chi connectivity index (χ1n) is 14.3. The Hall–Kier alpha value is -4.75. The molecule has 2 amide bonds. The van der Waals surface area contributed by atoms with Crippen LogP contribution in [-0.4, -0.2) is 53.6 Å². The van der Waals surface area contributed by atoms with Crippen LogP contribution in [0.5, 0.6) is 0 Å². The van der Waals surface area contributed by atoms with Crippen LogP contribution in [0.3, 0.4) is 0 Å². The van der Waals surface area contributed by atoms with Crippen LogP contribution < -0.4 is 4.90 Å². The van der Waals surface area contributed by atoms with Crippen molar-refractivity contribution >= 4 is 23.3 Å². The maximum atomic E-state index is 14.4. The summed E-state index contributed by atoms with van der Waals surface area (Å²) in [5.74, 6) is -4.00. The molecule has 5 rings (SSSR count). The number of benzene rings is 3. The van der Waals surface area contributed by atoms with Gasteiger partial charge in [0.25, 0.3) is 0 Å². The molecule has 2 atom stereocenters. The van der Waals surface area contributed by atoms with Crippen molar-refractivity contribution in [2.24, 2.45) is 5.92 Å². The lowest BCUT2D eigenvalue weighted by molar-refractivity contribution is -0.144. The largest absolute Gasteiger partial charge is 0.416 e. The minimum absolute atomic E-state index is 0.0789. The molecule has 2 unspecified atom stereocenters. The third-order valence-electron chi connectivity index (χ3n) is 8.26. The van der Waals surface area contributed by atoms with Gasteiger partial charge in [-0.15, -0.1) is 0 Å². The van der Waals surface area contributed by atoms with E-state index in [4.69, 9.17) is 0 Å². The van der Waals surface area contributed by atoms with Crippen LogP contribution in [0.2, 0.25) is 0 Å². The van der Waals surface area contributed by atoms with Gasteiger partial charge in [-0.2, -0.15) is 18.4 Å². The van der Waals surface area contributed by atoms with Crippen molar-refractivity contribution in [3.05, 3.63) is 112 Å². The second kappa shape index (κ2) is 12.5. The van der Waals surface area contributed by atoms with E-state index in [2.05, 4.69) is 4.90 Å². The molecular formula is C34H31F3N4O3. The molecule has 2 aliphatic heterocycles. The van der Waals surface area contributed by atoms with E-state index in [1.807, 2.05) is 36.4 Å². The monoisotopic (exact) mass is 600 g/mol. The normalized spacial score (nSPS) is 19.6. The van der Waals surface area contributed by atoms with Gasteiger partial charge in [0.05, 0.1) is 17.2 Å². The van der Waals surface area contributed by atoms with Crippen LogP contribution in [0.25, 0.3) is 0 Å². The van der Waals surface area contributed by atoms with Crippen molar-refractivity contribution in [1.82, 2.24) is 9.80 Å². The maximum absolute atomic E-state index is 14.4. The van der Waals surface area contributed by atoms with Crippen molar-refractivity contribution in [2.45, 2.75) is 32.5 Å². The van der Waals surface area contributed by atoms with E-state index in [1.165, 1.54) is 26.0 Å². The first-order chi connectivity index (χ1) is 21.0. The van der Waals surface area contributed by atoms with Gasteiger partial charge in [-0.1, -0.05) is 48.5 Å². The number of alkyl halides is 3. The van der Waals surface area contributed by atoms with Crippen molar-refractivity contribution in [3.63, 3.8) is 0 Å². The standard InChI is InChI=1S/C34H31F3N4O3/c1-22-29(23(2)42)30(26-13-11-24(20-38)12-14-26)31(33(44)41(22)28-10-6-9-27(19-28)34(35,36)37)32(43)40-17-15-39(16-18-40)21-25-7-4-3-5-8-25/h3-14,19,30-31H,15-18,21H2,1-2H3. The number of piperazine rings is 1. The van der Waals surface area contributed by atoms with Crippen LogP contribution in [0.15, 0.2) is 90.1 Å². The van der Waals surface area contributed by atoms with E-state index in [9.17, 15) is 32.8 Å². The second-order valence-corrected chi connectivity index (χ2v) is 11.1. The fraction of sp³-hybridized carbons (Fsp3) is 0.294. The number of rotatable bonds is 6. The Bertz CT molecular complexity index is 1640. The van der Waals surface area contributed by atoms with Gasteiger partial charge in [-0.25, -0.2) is 0 Å². The van der Waals surface area contributed by atoms with Crippen LogP contribution in [0, 0.1) is 17.2 Å². The van der Waals surface area contributed by atoms with E-state index < -0.39 is 41.2 Å². The number of allylic oxidation sites excluding steroid dienone is 2. The molecular weight excluding hydrogens is 569 g/mol. The number of carbonyl (C=O) groups is 3. The Morgan fingerprint density at radius 1 is 0.932 bits per heavy atom. The molecule has 0 saturated carbocycles. The number of hydrogen-bond acceptors (Lipinski definition) is 5. The lowest BCUT2D eigenvalue weighted by Gasteiger charge is -2.42. The highest BCUT2D eigenvalue weighted by Gasteiger charge is 2.49. The number of nitriles is 1. The molecule has 0 bridgehead atoms. The third kappa shape index (κ3) is 6.15. The van der Waals surface area contributed by atoms with E-state index in [-0.39, 0.29) is 17.0 Å². The van der Waals surface area contributed by atoms with Crippen LogP contribution in [0.4, 0.5) is 18.9 Å². The minimum atomic E-state index is -4.66. The number of nitrogens with zero attached hydrogens (tertiary/aromatic N) is 4. The van der Waals surface area contributed by atoms with Gasteiger partial charge >= 0.3 is 6.18 Å². The summed E-state index contributed by atoms with van der Waals surface area (Å²) >= 11 is 0. The molecule has 1 fully saturated rings.